The van der Waals surface area contributed by atoms with E-state index in [1.165, 1.54) is 6.08 Å². The van der Waals surface area contributed by atoms with Gasteiger partial charge >= 0.3 is 6.03 Å². The fraction of sp³-hybridized carbons (Fsp3) is 0.400. The van der Waals surface area contributed by atoms with Crippen LogP contribution in [0.15, 0.2) is 58.4 Å². The molecule has 0 atom stereocenters. The maximum Gasteiger partial charge on any atom is 0.331 e. The molecule has 2 aromatic carbocycles. The molecule has 178 valence electrons. The zero-order valence-electron chi connectivity index (χ0n) is 18.6. The van der Waals surface area contributed by atoms with E-state index in [9.17, 15) is 18.3 Å². The second-order valence-electron chi connectivity index (χ2n) is 8.51. The van der Waals surface area contributed by atoms with E-state index in [1.54, 1.807) is 23.1 Å². The number of piperidine rings is 1. The molecule has 33 heavy (non-hydrogen) atoms. The molecule has 0 spiro atoms. The van der Waals surface area contributed by atoms with Crippen LogP contribution >= 0.6 is 15.9 Å². The highest BCUT2D eigenvalue weighted by atomic mass is 79.9. The summed E-state index contributed by atoms with van der Waals surface area (Å²) < 4.78 is 27.5. The number of unbranched alkanes of at least 4 members (excludes halogenated alkanes) is 2. The minimum atomic E-state index is -3.85. The van der Waals surface area contributed by atoms with Gasteiger partial charge in [0, 0.05) is 17.6 Å². The predicted molar refractivity (Wildman–Crippen MR) is 135 cm³/mol. The van der Waals surface area contributed by atoms with Crippen molar-refractivity contribution >= 4 is 38.1 Å². The molecule has 0 unspecified atom stereocenters. The van der Waals surface area contributed by atoms with Crippen molar-refractivity contribution in [3.63, 3.8) is 0 Å². The lowest BCUT2D eigenvalue weighted by Crippen LogP contribution is -2.45. The first-order valence-corrected chi connectivity index (χ1v) is 13.7. The molecule has 1 saturated heterocycles. The number of carbonyl (C=O) groups excluding carboxylic acids is 1. The zero-order valence-corrected chi connectivity index (χ0v) is 21.0. The van der Waals surface area contributed by atoms with Crippen molar-refractivity contribution in [2.75, 3.05) is 13.1 Å². The molecule has 3 rings (SSSR count). The van der Waals surface area contributed by atoms with E-state index in [1.807, 2.05) is 30.3 Å². The van der Waals surface area contributed by atoms with Crippen molar-refractivity contribution in [3.8, 4) is 5.75 Å². The third-order valence-corrected chi connectivity index (χ3v) is 7.41. The number of rotatable bonds is 9. The predicted octanol–water partition coefficient (Wildman–Crippen LogP) is 5.68. The number of sulfonamides is 1. The smallest absolute Gasteiger partial charge is 0.331 e. The molecular weight excluding hydrogens is 504 g/mol. The van der Waals surface area contributed by atoms with Gasteiger partial charge in [-0.15, -0.1) is 0 Å². The van der Waals surface area contributed by atoms with E-state index >= 15 is 0 Å². The van der Waals surface area contributed by atoms with Gasteiger partial charge in [-0.3, -0.25) is 0 Å². The number of benzene rings is 2. The molecule has 0 saturated carbocycles. The van der Waals surface area contributed by atoms with Crippen molar-refractivity contribution < 1.29 is 18.3 Å². The summed E-state index contributed by atoms with van der Waals surface area (Å²) in [5.41, 5.74) is 1.90. The fourth-order valence-electron chi connectivity index (χ4n) is 4.04. The number of halogens is 1. The molecule has 2 N–H and O–H groups in total. The van der Waals surface area contributed by atoms with Crippen LogP contribution in [0.5, 0.6) is 5.75 Å². The van der Waals surface area contributed by atoms with Crippen LogP contribution in [0.1, 0.15) is 49.7 Å². The van der Waals surface area contributed by atoms with Gasteiger partial charge in [0.15, 0.2) is 0 Å². The highest BCUT2D eigenvalue weighted by Gasteiger charge is 2.24. The van der Waals surface area contributed by atoms with Crippen LogP contribution in [0.2, 0.25) is 0 Å². The van der Waals surface area contributed by atoms with Crippen molar-refractivity contribution in [2.24, 2.45) is 5.92 Å². The van der Waals surface area contributed by atoms with E-state index in [-0.39, 0.29) is 0 Å². The van der Waals surface area contributed by atoms with Gasteiger partial charge in [0.05, 0.1) is 5.41 Å². The third-order valence-electron chi connectivity index (χ3n) is 5.93. The van der Waals surface area contributed by atoms with Gasteiger partial charge in [-0.25, -0.2) is 17.9 Å². The molecule has 1 aliphatic heterocycles. The molecule has 2 amide bonds. The summed E-state index contributed by atoms with van der Waals surface area (Å²) in [4.78, 5) is 14.0. The molecule has 6 nitrogen and oxygen atoms in total. The molecule has 2 aromatic rings. The second kappa shape index (κ2) is 12.2. The molecule has 1 aliphatic rings. The Balaban J connectivity index is 1.34. The number of hydrogen-bond donors (Lipinski definition) is 2. The summed E-state index contributed by atoms with van der Waals surface area (Å²) >= 11 is 3.34. The first kappa shape index (κ1) is 25.3. The molecule has 1 fully saturated rings. The van der Waals surface area contributed by atoms with Gasteiger partial charge < -0.3 is 10.0 Å². The van der Waals surface area contributed by atoms with E-state index in [0.717, 1.165) is 66.0 Å². The molecule has 0 radical (unpaired) electrons. The molecular formula is C25H31BrN2O4S. The van der Waals surface area contributed by atoms with E-state index in [2.05, 4.69) is 20.7 Å². The number of aryl methyl sites for hydroxylation is 1. The van der Waals surface area contributed by atoms with Gasteiger partial charge in [0.2, 0.25) is 0 Å². The summed E-state index contributed by atoms with van der Waals surface area (Å²) in [6.45, 7) is 1.15. The monoisotopic (exact) mass is 534 g/mol. The van der Waals surface area contributed by atoms with Gasteiger partial charge in [-0.1, -0.05) is 59.5 Å². The summed E-state index contributed by atoms with van der Waals surface area (Å²) in [6.07, 6.45) is 8.74. The van der Waals surface area contributed by atoms with Crippen LogP contribution in [-0.2, 0) is 16.4 Å². The Bertz CT molecular complexity index is 1050. The fourth-order valence-corrected chi connectivity index (χ4v) is 5.08. The topological polar surface area (TPSA) is 86.7 Å². The molecule has 0 aromatic heterocycles. The lowest BCUT2D eigenvalue weighted by atomic mass is 9.91. The maximum absolute atomic E-state index is 12.4. The largest absolute Gasteiger partial charge is 0.508 e. The summed E-state index contributed by atoms with van der Waals surface area (Å²) in [5.74, 6) is 0.889. The third kappa shape index (κ3) is 8.85. The average Bonchev–Trinajstić information content (AvgIpc) is 2.79. The van der Waals surface area contributed by atoms with Gasteiger partial charge in [0.25, 0.3) is 10.0 Å². The van der Waals surface area contributed by atoms with Crippen molar-refractivity contribution in [3.05, 3.63) is 69.5 Å². The number of carbonyl (C=O) groups is 1. The van der Waals surface area contributed by atoms with Crippen LogP contribution in [-0.4, -0.2) is 37.5 Å². The first-order chi connectivity index (χ1) is 15.8. The Hall–Kier alpha value is -2.32. The Morgan fingerprint density at radius 3 is 2.52 bits per heavy atom. The quantitative estimate of drug-likeness (QED) is 0.405. The zero-order chi connectivity index (χ0) is 23.7. The summed E-state index contributed by atoms with van der Waals surface area (Å²) in [5, 5.41) is 10.5. The van der Waals surface area contributed by atoms with E-state index in [4.69, 9.17) is 0 Å². The van der Waals surface area contributed by atoms with Crippen molar-refractivity contribution in [1.82, 2.24) is 9.62 Å². The minimum Gasteiger partial charge on any atom is -0.508 e. The number of aromatic hydroxyl groups is 1. The van der Waals surface area contributed by atoms with Crippen LogP contribution in [0.3, 0.4) is 0 Å². The molecule has 1 heterocycles. The first-order valence-electron chi connectivity index (χ1n) is 11.3. The number of urea groups is 1. The highest BCUT2D eigenvalue weighted by molar-refractivity contribution is 9.10. The Kier molecular flexibility index (Phi) is 9.38. The van der Waals surface area contributed by atoms with Gasteiger partial charge in [-0.2, -0.15) is 0 Å². The Morgan fingerprint density at radius 2 is 1.82 bits per heavy atom. The normalized spacial score (nSPS) is 15.1. The highest BCUT2D eigenvalue weighted by Crippen LogP contribution is 2.24. The number of phenols is 1. The van der Waals surface area contributed by atoms with E-state index in [0.29, 0.717) is 24.8 Å². The number of likely N-dealkylation sites (tertiary alicyclic amines) is 1. The van der Waals surface area contributed by atoms with Crippen molar-refractivity contribution in [1.29, 1.82) is 0 Å². The number of hydrogen-bond acceptors (Lipinski definition) is 4. The maximum atomic E-state index is 12.4. The number of amides is 2. The lowest BCUT2D eigenvalue weighted by molar-refractivity contribution is 0.172. The van der Waals surface area contributed by atoms with Crippen LogP contribution in [0.25, 0.3) is 6.08 Å². The minimum absolute atomic E-state index is 0.316. The standard InChI is InChI=1S/C25H31BrN2O4S/c26-23-11-9-21(10-12-23)15-18-33(31,32)27-25(30)28-16-13-20(14-17-28)5-2-1-3-6-22-7-4-8-24(29)19-22/h4,7-12,15,18-20,29H,1-3,5-6,13-14,16-17H2,(H,27,30). The number of nitrogens with zero attached hydrogens (tertiary/aromatic N) is 1. The molecule has 8 heteroatoms. The SMILES string of the molecule is O=C(NS(=O)(=O)C=Cc1ccc(Br)cc1)N1CCC(CCCCCc2cccc(O)c2)CC1. The lowest BCUT2D eigenvalue weighted by Gasteiger charge is -2.31. The average molecular weight is 536 g/mol. The summed E-state index contributed by atoms with van der Waals surface area (Å²) in [7, 11) is -3.85. The van der Waals surface area contributed by atoms with Gasteiger partial charge in [0.1, 0.15) is 5.75 Å². The van der Waals surface area contributed by atoms with Crippen molar-refractivity contribution in [2.45, 2.75) is 44.9 Å². The van der Waals surface area contributed by atoms with Crippen LogP contribution < -0.4 is 4.72 Å². The molecule has 0 aliphatic carbocycles. The number of nitrogens with one attached hydrogen (secondary N) is 1. The summed E-state index contributed by atoms with van der Waals surface area (Å²) in [6, 6.07) is 14.1. The van der Waals surface area contributed by atoms with Crippen LogP contribution in [0, 0.1) is 5.92 Å². The molecule has 0 bridgehead atoms. The second-order valence-corrected chi connectivity index (χ2v) is 11.0. The Labute approximate surface area is 204 Å². The number of phenolic OH excluding ortho intramolecular Hbond substituents is 1. The van der Waals surface area contributed by atoms with E-state index < -0.39 is 16.1 Å². The Morgan fingerprint density at radius 1 is 1.09 bits per heavy atom. The van der Waals surface area contributed by atoms with Gasteiger partial charge in [-0.05, 0) is 73.1 Å². The van der Waals surface area contributed by atoms with Crippen LogP contribution in [0.4, 0.5) is 4.79 Å².